The minimum absolute atomic E-state index is 0.000152. The van der Waals surface area contributed by atoms with Gasteiger partial charge in [0.05, 0.1) is 0 Å². The van der Waals surface area contributed by atoms with E-state index < -0.39 is 0 Å². The molecule has 0 bridgehead atoms. The molecule has 21 heavy (non-hydrogen) atoms. The molecular formula is C13H22N6O2. The number of likely N-dealkylation sites (tertiary alicyclic amines) is 1. The maximum absolute atomic E-state index is 12.1. The Morgan fingerprint density at radius 3 is 2.71 bits per heavy atom. The molecule has 4 N–H and O–H groups in total. The van der Waals surface area contributed by atoms with Crippen molar-refractivity contribution in [3.8, 4) is 0 Å². The van der Waals surface area contributed by atoms with Gasteiger partial charge < -0.3 is 16.0 Å². The van der Waals surface area contributed by atoms with Crippen molar-refractivity contribution in [2.24, 2.45) is 5.92 Å². The molecule has 1 fully saturated rings. The Balaban J connectivity index is 1.69. The summed E-state index contributed by atoms with van der Waals surface area (Å²) in [6, 6.07) is 0. The first-order chi connectivity index (χ1) is 10.0. The Hall–Kier alpha value is -2.12. The van der Waals surface area contributed by atoms with Gasteiger partial charge >= 0.3 is 0 Å². The molecule has 0 aromatic carbocycles. The van der Waals surface area contributed by atoms with E-state index >= 15 is 0 Å². The SMILES string of the molecule is CC(=O)NCC1CCN(C(=O)CCc2nc(N)n[nH]2)CC1. The van der Waals surface area contributed by atoms with Gasteiger partial charge in [-0.05, 0) is 18.8 Å². The van der Waals surface area contributed by atoms with E-state index in [0.29, 0.717) is 31.1 Å². The fourth-order valence-electron chi connectivity index (χ4n) is 2.48. The number of anilines is 1. The van der Waals surface area contributed by atoms with Crippen molar-refractivity contribution < 1.29 is 9.59 Å². The zero-order chi connectivity index (χ0) is 15.2. The van der Waals surface area contributed by atoms with E-state index in [1.807, 2.05) is 4.90 Å². The lowest BCUT2D eigenvalue weighted by Crippen LogP contribution is -2.41. The highest BCUT2D eigenvalue weighted by Crippen LogP contribution is 2.17. The Morgan fingerprint density at radius 2 is 2.14 bits per heavy atom. The number of carbonyl (C=O) groups excluding carboxylic acids is 2. The molecule has 2 amide bonds. The highest BCUT2D eigenvalue weighted by atomic mass is 16.2. The standard InChI is InChI=1S/C13H22N6O2/c1-9(20)15-8-10-4-6-19(7-5-10)12(21)3-2-11-16-13(14)18-17-11/h10H,2-8H2,1H3,(H,15,20)(H3,14,16,17,18). The molecule has 1 aliphatic rings. The van der Waals surface area contributed by atoms with Crippen LogP contribution in [0.3, 0.4) is 0 Å². The lowest BCUT2D eigenvalue weighted by Gasteiger charge is -2.32. The Morgan fingerprint density at radius 1 is 1.43 bits per heavy atom. The first-order valence-corrected chi connectivity index (χ1v) is 7.23. The van der Waals surface area contributed by atoms with E-state index in [-0.39, 0.29) is 17.8 Å². The Kier molecular flexibility index (Phi) is 5.13. The van der Waals surface area contributed by atoms with Crippen LogP contribution in [0.5, 0.6) is 0 Å². The number of aromatic amines is 1. The summed E-state index contributed by atoms with van der Waals surface area (Å²) in [4.78, 5) is 28.9. The molecule has 0 atom stereocenters. The maximum atomic E-state index is 12.1. The number of aromatic nitrogens is 3. The summed E-state index contributed by atoms with van der Waals surface area (Å²) in [6.45, 7) is 3.73. The van der Waals surface area contributed by atoms with Crippen LogP contribution in [0.1, 0.15) is 32.0 Å². The number of hydrogen-bond donors (Lipinski definition) is 3. The summed E-state index contributed by atoms with van der Waals surface area (Å²) in [5.74, 6) is 1.44. The molecule has 0 saturated carbocycles. The number of nitrogens with one attached hydrogen (secondary N) is 2. The molecule has 0 radical (unpaired) electrons. The zero-order valence-electron chi connectivity index (χ0n) is 12.3. The molecule has 1 aliphatic heterocycles. The molecule has 8 heteroatoms. The molecule has 1 aromatic heterocycles. The molecule has 0 spiro atoms. The van der Waals surface area contributed by atoms with Crippen molar-refractivity contribution in [2.45, 2.75) is 32.6 Å². The van der Waals surface area contributed by atoms with E-state index in [2.05, 4.69) is 20.5 Å². The number of rotatable bonds is 5. The average molecular weight is 294 g/mol. The number of piperidine rings is 1. The smallest absolute Gasteiger partial charge is 0.239 e. The Bertz CT molecular complexity index is 493. The van der Waals surface area contributed by atoms with Gasteiger partial charge in [0.2, 0.25) is 17.8 Å². The van der Waals surface area contributed by atoms with Gasteiger partial charge in [-0.1, -0.05) is 0 Å². The molecule has 0 aliphatic carbocycles. The molecule has 1 aromatic rings. The van der Waals surface area contributed by atoms with Gasteiger partial charge in [0.1, 0.15) is 5.82 Å². The van der Waals surface area contributed by atoms with Gasteiger partial charge in [0.25, 0.3) is 0 Å². The van der Waals surface area contributed by atoms with E-state index in [1.54, 1.807) is 0 Å². The van der Waals surface area contributed by atoms with Gasteiger partial charge in [-0.25, -0.2) is 0 Å². The van der Waals surface area contributed by atoms with Crippen LogP contribution in [-0.2, 0) is 16.0 Å². The third-order valence-corrected chi connectivity index (χ3v) is 3.73. The molecule has 2 heterocycles. The topological polar surface area (TPSA) is 117 Å². The first-order valence-electron chi connectivity index (χ1n) is 7.23. The highest BCUT2D eigenvalue weighted by molar-refractivity contribution is 5.76. The fourth-order valence-corrected chi connectivity index (χ4v) is 2.48. The Labute approximate surface area is 123 Å². The van der Waals surface area contributed by atoms with E-state index in [4.69, 9.17) is 5.73 Å². The summed E-state index contributed by atoms with van der Waals surface area (Å²) in [5.41, 5.74) is 5.41. The van der Waals surface area contributed by atoms with Crippen molar-refractivity contribution >= 4 is 17.8 Å². The van der Waals surface area contributed by atoms with Crippen molar-refractivity contribution in [1.29, 1.82) is 0 Å². The van der Waals surface area contributed by atoms with Crippen LogP contribution in [0.4, 0.5) is 5.95 Å². The van der Waals surface area contributed by atoms with Crippen molar-refractivity contribution in [1.82, 2.24) is 25.4 Å². The van der Waals surface area contributed by atoms with Crippen LogP contribution < -0.4 is 11.1 Å². The number of nitrogens with zero attached hydrogens (tertiary/aromatic N) is 3. The van der Waals surface area contributed by atoms with E-state index in [0.717, 1.165) is 25.9 Å². The molecule has 0 unspecified atom stereocenters. The number of aryl methyl sites for hydroxylation is 1. The highest BCUT2D eigenvalue weighted by Gasteiger charge is 2.22. The lowest BCUT2D eigenvalue weighted by molar-refractivity contribution is -0.132. The van der Waals surface area contributed by atoms with Crippen LogP contribution in [0.2, 0.25) is 0 Å². The number of nitrogens with two attached hydrogens (primary N) is 1. The normalized spacial score (nSPS) is 16.0. The first kappa shape index (κ1) is 15.3. The molecule has 8 nitrogen and oxygen atoms in total. The summed E-state index contributed by atoms with van der Waals surface area (Å²) < 4.78 is 0. The van der Waals surface area contributed by atoms with Crippen LogP contribution in [-0.4, -0.2) is 51.5 Å². The molecule has 1 saturated heterocycles. The average Bonchev–Trinajstić information content (AvgIpc) is 2.89. The van der Waals surface area contributed by atoms with Crippen molar-refractivity contribution in [3.63, 3.8) is 0 Å². The van der Waals surface area contributed by atoms with Crippen LogP contribution in [0, 0.1) is 5.92 Å². The third-order valence-electron chi connectivity index (χ3n) is 3.73. The predicted octanol–water partition coefficient (Wildman–Crippen LogP) is -0.306. The fraction of sp³-hybridized carbons (Fsp3) is 0.692. The summed E-state index contributed by atoms with van der Waals surface area (Å²) in [6.07, 6.45) is 2.79. The second-order valence-electron chi connectivity index (χ2n) is 5.40. The van der Waals surface area contributed by atoms with E-state index in [1.165, 1.54) is 6.92 Å². The number of nitrogen functional groups attached to an aromatic ring is 1. The van der Waals surface area contributed by atoms with Gasteiger partial charge in [0, 0.05) is 39.4 Å². The second-order valence-corrected chi connectivity index (χ2v) is 5.40. The largest absolute Gasteiger partial charge is 0.367 e. The lowest BCUT2D eigenvalue weighted by atomic mass is 9.96. The monoisotopic (exact) mass is 294 g/mol. The molecule has 116 valence electrons. The summed E-state index contributed by atoms with van der Waals surface area (Å²) in [5, 5.41) is 9.27. The summed E-state index contributed by atoms with van der Waals surface area (Å²) in [7, 11) is 0. The van der Waals surface area contributed by atoms with Crippen LogP contribution >= 0.6 is 0 Å². The van der Waals surface area contributed by atoms with Gasteiger partial charge in [-0.15, -0.1) is 5.10 Å². The minimum Gasteiger partial charge on any atom is -0.367 e. The van der Waals surface area contributed by atoms with Gasteiger partial charge in [-0.3, -0.25) is 14.7 Å². The van der Waals surface area contributed by atoms with Gasteiger partial charge in [0.15, 0.2) is 0 Å². The van der Waals surface area contributed by atoms with Crippen molar-refractivity contribution in [3.05, 3.63) is 5.82 Å². The van der Waals surface area contributed by atoms with E-state index in [9.17, 15) is 9.59 Å². The maximum Gasteiger partial charge on any atom is 0.239 e. The molecular weight excluding hydrogens is 272 g/mol. The molecule has 2 rings (SSSR count). The number of amides is 2. The second kappa shape index (κ2) is 7.05. The van der Waals surface area contributed by atoms with Gasteiger partial charge in [-0.2, -0.15) is 4.98 Å². The quantitative estimate of drug-likeness (QED) is 0.689. The van der Waals surface area contributed by atoms with Crippen LogP contribution in [0.15, 0.2) is 0 Å². The third kappa shape index (κ3) is 4.73. The number of carbonyl (C=O) groups is 2. The summed E-state index contributed by atoms with van der Waals surface area (Å²) >= 11 is 0. The zero-order valence-corrected chi connectivity index (χ0v) is 12.3. The van der Waals surface area contributed by atoms with Crippen LogP contribution in [0.25, 0.3) is 0 Å². The minimum atomic E-state index is -0.000152. The predicted molar refractivity (Wildman–Crippen MR) is 77.1 cm³/mol. The number of hydrogen-bond acceptors (Lipinski definition) is 5. The number of H-pyrrole nitrogens is 1. The van der Waals surface area contributed by atoms with Crippen molar-refractivity contribution in [2.75, 3.05) is 25.4 Å².